The minimum Gasteiger partial charge on any atom is -0.290 e. The Morgan fingerprint density at radius 1 is 1.18 bits per heavy atom. The van der Waals surface area contributed by atoms with Gasteiger partial charge in [0.2, 0.25) is 11.6 Å². The molecule has 3 heterocycles. The van der Waals surface area contributed by atoms with Crippen molar-refractivity contribution in [1.82, 2.24) is 25.6 Å². The molecule has 0 aliphatic rings. The van der Waals surface area contributed by atoms with Gasteiger partial charge in [0.15, 0.2) is 0 Å². The number of nitrogens with zero attached hydrogens (tertiary/aromatic N) is 4. The standard InChI is InChI=1S/C14H11N5O2S/c20-12(13(21)14-16-18-19-17-14)7-11-6-10(8-22-11)5-9-1-3-15-4-2-9/h1-4,6,8H,5,7H2,(H,16,17,18,19). The maximum absolute atomic E-state index is 11.9. The van der Waals surface area contributed by atoms with Crippen LogP contribution in [-0.4, -0.2) is 37.2 Å². The predicted octanol–water partition coefficient (Wildman–Crippen LogP) is 1.24. The summed E-state index contributed by atoms with van der Waals surface area (Å²) in [6.07, 6.45) is 4.31. The zero-order valence-electron chi connectivity index (χ0n) is 11.4. The first kappa shape index (κ1) is 14.2. The smallest absolute Gasteiger partial charge is 0.269 e. The highest BCUT2D eigenvalue weighted by molar-refractivity contribution is 7.10. The molecule has 3 aromatic rings. The first-order valence-electron chi connectivity index (χ1n) is 6.48. The van der Waals surface area contributed by atoms with Crippen molar-refractivity contribution in [2.45, 2.75) is 12.8 Å². The molecule has 0 unspecified atom stereocenters. The summed E-state index contributed by atoms with van der Waals surface area (Å²) >= 11 is 1.46. The fourth-order valence-corrected chi connectivity index (χ4v) is 2.86. The van der Waals surface area contributed by atoms with E-state index in [1.807, 2.05) is 23.6 Å². The number of tetrazole rings is 1. The average molecular weight is 313 g/mol. The van der Waals surface area contributed by atoms with Crippen LogP contribution in [0.15, 0.2) is 36.0 Å². The Balaban J connectivity index is 1.64. The molecule has 0 aliphatic heterocycles. The van der Waals surface area contributed by atoms with E-state index in [1.165, 1.54) is 11.3 Å². The normalized spacial score (nSPS) is 10.5. The van der Waals surface area contributed by atoms with Gasteiger partial charge in [0.05, 0.1) is 0 Å². The lowest BCUT2D eigenvalue weighted by Crippen LogP contribution is -2.17. The van der Waals surface area contributed by atoms with Gasteiger partial charge < -0.3 is 0 Å². The zero-order valence-corrected chi connectivity index (χ0v) is 12.2. The summed E-state index contributed by atoms with van der Waals surface area (Å²) in [6, 6.07) is 5.83. The molecule has 1 N–H and O–H groups in total. The van der Waals surface area contributed by atoms with Crippen molar-refractivity contribution in [2.75, 3.05) is 0 Å². The van der Waals surface area contributed by atoms with E-state index in [9.17, 15) is 9.59 Å². The monoisotopic (exact) mass is 313 g/mol. The van der Waals surface area contributed by atoms with Gasteiger partial charge in [0.25, 0.3) is 5.78 Å². The van der Waals surface area contributed by atoms with Gasteiger partial charge in [-0.3, -0.25) is 14.6 Å². The minimum absolute atomic E-state index is 0.0500. The van der Waals surface area contributed by atoms with E-state index in [0.717, 1.165) is 22.4 Å². The number of hydrogen-bond acceptors (Lipinski definition) is 7. The van der Waals surface area contributed by atoms with Gasteiger partial charge in [-0.25, -0.2) is 0 Å². The van der Waals surface area contributed by atoms with Crippen LogP contribution in [-0.2, 0) is 17.6 Å². The van der Waals surface area contributed by atoms with E-state index < -0.39 is 11.6 Å². The van der Waals surface area contributed by atoms with Gasteiger partial charge >= 0.3 is 0 Å². The van der Waals surface area contributed by atoms with Crippen molar-refractivity contribution in [3.05, 3.63) is 57.8 Å². The fourth-order valence-electron chi connectivity index (χ4n) is 1.97. The fraction of sp³-hybridized carbons (Fsp3) is 0.143. The molecular formula is C14H11N5O2S. The molecule has 0 fully saturated rings. The largest absolute Gasteiger partial charge is 0.290 e. The number of thiophene rings is 1. The highest BCUT2D eigenvalue weighted by Gasteiger charge is 2.21. The molecule has 3 rings (SSSR count). The SMILES string of the molecule is O=C(Cc1cc(Cc2ccncc2)cs1)C(=O)c1nn[nH]n1. The quantitative estimate of drug-likeness (QED) is 0.542. The van der Waals surface area contributed by atoms with Crippen LogP contribution in [0.2, 0.25) is 0 Å². The lowest BCUT2D eigenvalue weighted by Gasteiger charge is -1.97. The van der Waals surface area contributed by atoms with E-state index in [-0.39, 0.29) is 12.2 Å². The molecule has 0 aliphatic carbocycles. The summed E-state index contributed by atoms with van der Waals surface area (Å²) in [5.41, 5.74) is 2.25. The van der Waals surface area contributed by atoms with E-state index >= 15 is 0 Å². The highest BCUT2D eigenvalue weighted by atomic mass is 32.1. The third-order valence-electron chi connectivity index (χ3n) is 3.00. The maximum atomic E-state index is 11.9. The molecule has 22 heavy (non-hydrogen) atoms. The first-order chi connectivity index (χ1) is 10.7. The van der Waals surface area contributed by atoms with Gasteiger partial charge in [-0.1, -0.05) is 0 Å². The number of aromatic nitrogens is 5. The van der Waals surface area contributed by atoms with Crippen LogP contribution in [0, 0.1) is 0 Å². The van der Waals surface area contributed by atoms with Gasteiger partial charge in [-0.2, -0.15) is 5.21 Å². The van der Waals surface area contributed by atoms with Crippen LogP contribution in [0.3, 0.4) is 0 Å². The predicted molar refractivity (Wildman–Crippen MR) is 78.6 cm³/mol. The van der Waals surface area contributed by atoms with Crippen molar-refractivity contribution in [3.63, 3.8) is 0 Å². The molecule has 0 atom stereocenters. The van der Waals surface area contributed by atoms with E-state index in [0.29, 0.717) is 0 Å². The first-order valence-corrected chi connectivity index (χ1v) is 7.36. The Kier molecular flexibility index (Phi) is 4.10. The Morgan fingerprint density at radius 2 is 2.00 bits per heavy atom. The molecule has 0 spiro atoms. The summed E-state index contributed by atoms with van der Waals surface area (Å²) in [6.45, 7) is 0. The number of H-pyrrole nitrogens is 1. The van der Waals surface area contributed by atoms with Crippen LogP contribution in [0.4, 0.5) is 0 Å². The summed E-state index contributed by atoms with van der Waals surface area (Å²) in [5, 5.41) is 14.5. The number of Topliss-reactive ketones (excluding diaryl/α,β-unsaturated/α-hetero) is 2. The molecule has 0 saturated carbocycles. The van der Waals surface area contributed by atoms with Crippen molar-refractivity contribution < 1.29 is 9.59 Å². The second kappa shape index (κ2) is 6.35. The third-order valence-corrected chi connectivity index (χ3v) is 3.99. The molecule has 3 aromatic heterocycles. The highest BCUT2D eigenvalue weighted by Crippen LogP contribution is 2.19. The van der Waals surface area contributed by atoms with Crippen LogP contribution in [0.25, 0.3) is 0 Å². The lowest BCUT2D eigenvalue weighted by molar-refractivity contribution is -0.114. The molecular weight excluding hydrogens is 302 g/mol. The van der Waals surface area contributed by atoms with E-state index in [2.05, 4.69) is 25.6 Å². The molecule has 110 valence electrons. The minimum atomic E-state index is -0.724. The number of aromatic amines is 1. The number of ketones is 2. The Hall–Kier alpha value is -2.74. The number of nitrogens with one attached hydrogen (secondary N) is 1. The third kappa shape index (κ3) is 3.29. The van der Waals surface area contributed by atoms with Crippen LogP contribution < -0.4 is 0 Å². The molecule has 8 heteroatoms. The maximum Gasteiger partial charge on any atom is 0.269 e. The average Bonchev–Trinajstić information content (AvgIpc) is 3.19. The Morgan fingerprint density at radius 3 is 2.73 bits per heavy atom. The second-order valence-electron chi connectivity index (χ2n) is 4.62. The van der Waals surface area contributed by atoms with Crippen molar-refractivity contribution in [1.29, 1.82) is 0 Å². The van der Waals surface area contributed by atoms with Crippen LogP contribution in [0.5, 0.6) is 0 Å². The van der Waals surface area contributed by atoms with E-state index in [1.54, 1.807) is 12.4 Å². The van der Waals surface area contributed by atoms with Gasteiger partial charge in [0.1, 0.15) is 0 Å². The summed E-state index contributed by atoms with van der Waals surface area (Å²) in [5.74, 6) is -1.46. The zero-order chi connectivity index (χ0) is 15.4. The van der Waals surface area contributed by atoms with E-state index in [4.69, 9.17) is 0 Å². The van der Waals surface area contributed by atoms with Crippen LogP contribution >= 0.6 is 11.3 Å². The number of carbonyl (C=O) groups is 2. The number of rotatable bonds is 6. The van der Waals surface area contributed by atoms with Gasteiger partial charge in [-0.15, -0.1) is 21.5 Å². The van der Waals surface area contributed by atoms with Crippen LogP contribution in [0.1, 0.15) is 26.6 Å². The number of hydrogen-bond donors (Lipinski definition) is 1. The molecule has 0 bridgehead atoms. The van der Waals surface area contributed by atoms with Crippen molar-refractivity contribution >= 4 is 22.9 Å². The van der Waals surface area contributed by atoms with Crippen molar-refractivity contribution in [2.24, 2.45) is 0 Å². The summed E-state index contributed by atoms with van der Waals surface area (Å²) < 4.78 is 0. The molecule has 7 nitrogen and oxygen atoms in total. The number of carbonyl (C=O) groups excluding carboxylic acids is 2. The summed E-state index contributed by atoms with van der Waals surface area (Å²) in [4.78, 5) is 28.5. The molecule has 0 radical (unpaired) electrons. The van der Waals surface area contributed by atoms with Gasteiger partial charge in [0, 0.05) is 23.7 Å². The summed E-state index contributed by atoms with van der Waals surface area (Å²) in [7, 11) is 0. The topological polar surface area (TPSA) is 101 Å². The van der Waals surface area contributed by atoms with Crippen molar-refractivity contribution in [3.8, 4) is 0 Å². The Bertz CT molecular complexity index is 783. The molecule has 0 aromatic carbocycles. The number of pyridine rings is 1. The Labute approximate surface area is 129 Å². The van der Waals surface area contributed by atoms with Gasteiger partial charge in [-0.05, 0) is 46.3 Å². The lowest BCUT2D eigenvalue weighted by atomic mass is 10.1. The second-order valence-corrected chi connectivity index (χ2v) is 5.61. The molecule has 0 amide bonds. The molecule has 0 saturated heterocycles.